The molecule has 0 atom stereocenters. The summed E-state index contributed by atoms with van der Waals surface area (Å²) in [6, 6.07) is 1.46. The van der Waals surface area contributed by atoms with Gasteiger partial charge in [-0.05, 0) is 12.1 Å². The average Bonchev–Trinajstić information content (AvgIpc) is 2.18. The van der Waals surface area contributed by atoms with Gasteiger partial charge in [-0.25, -0.2) is 22.7 Å². The Bertz CT molecular complexity index is 557. The van der Waals surface area contributed by atoms with Gasteiger partial charge in [-0.2, -0.15) is 4.39 Å². The molecule has 0 radical (unpaired) electrons. The molecule has 0 bridgehead atoms. The van der Waals surface area contributed by atoms with E-state index in [-0.39, 0.29) is 0 Å². The van der Waals surface area contributed by atoms with Crippen molar-refractivity contribution in [2.75, 3.05) is 6.61 Å². The highest BCUT2D eigenvalue weighted by molar-refractivity contribution is 7.89. The SMILES string of the molecule is NS(=O)(=O)c1ccc(OCC(=O)O)c(F)c1F. The number of carbonyl (C=O) groups is 1. The first kappa shape index (κ1) is 13.3. The first-order chi connectivity index (χ1) is 7.73. The Hall–Kier alpha value is -1.74. The van der Waals surface area contributed by atoms with Crippen molar-refractivity contribution in [3.63, 3.8) is 0 Å². The highest BCUT2D eigenvalue weighted by Crippen LogP contribution is 2.24. The monoisotopic (exact) mass is 267 g/mol. The van der Waals surface area contributed by atoms with E-state index >= 15 is 0 Å². The molecule has 0 amide bonds. The molecule has 94 valence electrons. The molecule has 0 heterocycles. The molecule has 0 spiro atoms. The number of benzene rings is 1. The maximum absolute atomic E-state index is 13.2. The van der Waals surface area contributed by atoms with Crippen molar-refractivity contribution in [1.82, 2.24) is 0 Å². The lowest BCUT2D eigenvalue weighted by molar-refractivity contribution is -0.139. The lowest BCUT2D eigenvalue weighted by atomic mass is 10.3. The Kier molecular flexibility index (Phi) is 3.63. The standard InChI is InChI=1S/C8H7F2NO5S/c9-7-4(16-3-6(12)13)1-2-5(8(7)10)17(11,14)15/h1-2H,3H2,(H,12,13)(H2,11,14,15). The second-order valence-corrected chi connectivity index (χ2v) is 4.45. The Morgan fingerprint density at radius 2 is 1.94 bits per heavy atom. The highest BCUT2D eigenvalue weighted by atomic mass is 32.2. The normalized spacial score (nSPS) is 11.2. The van der Waals surface area contributed by atoms with Crippen LogP contribution in [0.2, 0.25) is 0 Å². The van der Waals surface area contributed by atoms with Crippen LogP contribution >= 0.6 is 0 Å². The quantitative estimate of drug-likeness (QED) is 0.803. The number of rotatable bonds is 4. The van der Waals surface area contributed by atoms with Gasteiger partial charge in [0.05, 0.1) is 0 Å². The fourth-order valence-electron chi connectivity index (χ4n) is 0.985. The van der Waals surface area contributed by atoms with E-state index in [1.54, 1.807) is 0 Å². The van der Waals surface area contributed by atoms with Gasteiger partial charge in [0, 0.05) is 0 Å². The Morgan fingerprint density at radius 3 is 2.41 bits per heavy atom. The third kappa shape index (κ3) is 3.11. The molecule has 0 aromatic heterocycles. The minimum Gasteiger partial charge on any atom is -0.479 e. The van der Waals surface area contributed by atoms with Crippen molar-refractivity contribution in [3.05, 3.63) is 23.8 Å². The molecule has 0 unspecified atom stereocenters. The molecule has 1 rings (SSSR count). The van der Waals surface area contributed by atoms with Crippen molar-refractivity contribution in [2.24, 2.45) is 5.14 Å². The largest absolute Gasteiger partial charge is 0.479 e. The Morgan fingerprint density at radius 1 is 1.35 bits per heavy atom. The van der Waals surface area contributed by atoms with Crippen LogP contribution in [0.1, 0.15) is 0 Å². The van der Waals surface area contributed by atoms with Crippen molar-refractivity contribution >= 4 is 16.0 Å². The van der Waals surface area contributed by atoms with Gasteiger partial charge in [0.15, 0.2) is 18.2 Å². The molecule has 0 aliphatic rings. The number of aliphatic carboxylic acids is 1. The number of hydrogen-bond acceptors (Lipinski definition) is 4. The van der Waals surface area contributed by atoms with Crippen molar-refractivity contribution in [1.29, 1.82) is 0 Å². The molecule has 6 nitrogen and oxygen atoms in total. The third-order valence-corrected chi connectivity index (χ3v) is 2.60. The zero-order valence-corrected chi connectivity index (χ0v) is 9.00. The summed E-state index contributed by atoms with van der Waals surface area (Å²) in [5, 5.41) is 12.9. The summed E-state index contributed by atoms with van der Waals surface area (Å²) < 4.78 is 52.5. The van der Waals surface area contributed by atoms with E-state index in [1.807, 2.05) is 0 Å². The van der Waals surface area contributed by atoms with Gasteiger partial charge < -0.3 is 9.84 Å². The van der Waals surface area contributed by atoms with Crippen LogP contribution < -0.4 is 9.88 Å². The van der Waals surface area contributed by atoms with Crippen LogP contribution in [-0.2, 0) is 14.8 Å². The van der Waals surface area contributed by atoms with Crippen LogP contribution in [0.3, 0.4) is 0 Å². The van der Waals surface area contributed by atoms with Crippen LogP contribution in [0.4, 0.5) is 8.78 Å². The minimum absolute atomic E-state index is 0.685. The van der Waals surface area contributed by atoms with E-state index in [9.17, 15) is 22.0 Å². The van der Waals surface area contributed by atoms with Gasteiger partial charge in [-0.3, -0.25) is 0 Å². The molecule has 0 aliphatic carbocycles. The number of halogens is 2. The first-order valence-corrected chi connectivity index (χ1v) is 5.63. The number of sulfonamides is 1. The molecule has 9 heteroatoms. The summed E-state index contributed by atoms with van der Waals surface area (Å²) in [5.74, 6) is -5.43. The van der Waals surface area contributed by atoms with Crippen LogP contribution in [0.5, 0.6) is 5.75 Å². The average molecular weight is 267 g/mol. The number of hydrogen-bond donors (Lipinski definition) is 2. The van der Waals surface area contributed by atoms with Gasteiger partial charge in [0.2, 0.25) is 15.8 Å². The Balaban J connectivity index is 3.16. The predicted molar refractivity (Wildman–Crippen MR) is 50.9 cm³/mol. The fourth-order valence-corrected chi connectivity index (χ4v) is 1.58. The summed E-state index contributed by atoms with van der Waals surface area (Å²) in [6.45, 7) is -0.884. The summed E-state index contributed by atoms with van der Waals surface area (Å²) in [7, 11) is -4.39. The lowest BCUT2D eigenvalue weighted by Crippen LogP contribution is -2.16. The summed E-state index contributed by atoms with van der Waals surface area (Å²) in [6.07, 6.45) is 0. The summed E-state index contributed by atoms with van der Waals surface area (Å²) in [5.41, 5.74) is 0. The number of nitrogens with two attached hydrogens (primary N) is 1. The zero-order valence-electron chi connectivity index (χ0n) is 8.18. The lowest BCUT2D eigenvalue weighted by Gasteiger charge is -2.07. The van der Waals surface area contributed by atoms with E-state index in [4.69, 9.17) is 5.11 Å². The van der Waals surface area contributed by atoms with Crippen LogP contribution in [0.25, 0.3) is 0 Å². The number of ether oxygens (including phenoxy) is 1. The molecule has 1 aromatic rings. The minimum atomic E-state index is -4.39. The summed E-state index contributed by atoms with van der Waals surface area (Å²) >= 11 is 0. The van der Waals surface area contributed by atoms with Gasteiger partial charge in [-0.15, -0.1) is 0 Å². The highest BCUT2D eigenvalue weighted by Gasteiger charge is 2.21. The molecule has 0 saturated heterocycles. The van der Waals surface area contributed by atoms with Gasteiger partial charge in [0.1, 0.15) is 4.90 Å². The van der Waals surface area contributed by atoms with Crippen LogP contribution in [-0.4, -0.2) is 26.1 Å². The van der Waals surface area contributed by atoms with E-state index in [1.165, 1.54) is 0 Å². The maximum atomic E-state index is 13.2. The summed E-state index contributed by atoms with van der Waals surface area (Å²) in [4.78, 5) is 9.11. The zero-order chi connectivity index (χ0) is 13.2. The molecule has 0 saturated carbocycles. The van der Waals surface area contributed by atoms with Crippen molar-refractivity contribution in [3.8, 4) is 5.75 Å². The van der Waals surface area contributed by atoms with Gasteiger partial charge in [-0.1, -0.05) is 0 Å². The second-order valence-electron chi connectivity index (χ2n) is 2.92. The van der Waals surface area contributed by atoms with Crippen molar-refractivity contribution < 1.29 is 31.8 Å². The van der Waals surface area contributed by atoms with Crippen LogP contribution in [0.15, 0.2) is 17.0 Å². The molecular formula is C8H7F2NO5S. The molecule has 17 heavy (non-hydrogen) atoms. The first-order valence-electron chi connectivity index (χ1n) is 4.09. The molecule has 3 N–H and O–H groups in total. The smallest absolute Gasteiger partial charge is 0.341 e. The van der Waals surface area contributed by atoms with Crippen LogP contribution in [0, 0.1) is 11.6 Å². The van der Waals surface area contributed by atoms with Crippen molar-refractivity contribution in [2.45, 2.75) is 4.90 Å². The Labute approximate surface area is 94.7 Å². The third-order valence-electron chi connectivity index (χ3n) is 1.67. The van der Waals surface area contributed by atoms with E-state index in [0.717, 1.165) is 6.07 Å². The number of carboxylic acids is 1. The number of carboxylic acid groups (broad SMARTS) is 1. The van der Waals surface area contributed by atoms with Gasteiger partial charge >= 0.3 is 5.97 Å². The predicted octanol–water partition coefficient (Wildman–Crippen LogP) is 0.0756. The number of primary sulfonamides is 1. The fraction of sp³-hybridized carbons (Fsp3) is 0.125. The topological polar surface area (TPSA) is 107 Å². The molecule has 0 aliphatic heterocycles. The molecule has 1 aromatic carbocycles. The van der Waals surface area contributed by atoms with E-state index < -0.39 is 44.9 Å². The van der Waals surface area contributed by atoms with E-state index in [2.05, 4.69) is 9.88 Å². The molecule has 0 fully saturated rings. The van der Waals surface area contributed by atoms with E-state index in [0.29, 0.717) is 6.07 Å². The molecular weight excluding hydrogens is 260 g/mol. The second kappa shape index (κ2) is 4.63. The maximum Gasteiger partial charge on any atom is 0.341 e. The van der Waals surface area contributed by atoms with Gasteiger partial charge in [0.25, 0.3) is 0 Å².